The highest BCUT2D eigenvalue weighted by atomic mass is 16.6. The Hall–Kier alpha value is -0.530. The van der Waals surface area contributed by atoms with E-state index in [0.29, 0.717) is 11.3 Å². The zero-order chi connectivity index (χ0) is 10.9. The van der Waals surface area contributed by atoms with Crippen LogP contribution in [0.3, 0.4) is 0 Å². The van der Waals surface area contributed by atoms with E-state index < -0.39 is 0 Å². The highest BCUT2D eigenvalue weighted by Crippen LogP contribution is 2.61. The number of esters is 1. The maximum absolute atomic E-state index is 12.1. The first-order chi connectivity index (χ1) is 6.83. The number of ether oxygens (including phenoxy) is 1. The van der Waals surface area contributed by atoms with E-state index in [9.17, 15) is 4.79 Å². The summed E-state index contributed by atoms with van der Waals surface area (Å²) in [5.41, 5.74) is -0.00817. The molecule has 0 radical (unpaired) electrons. The van der Waals surface area contributed by atoms with Crippen LogP contribution in [0.2, 0.25) is 0 Å². The summed E-state index contributed by atoms with van der Waals surface area (Å²) in [5, 5.41) is 0. The fraction of sp³-hybridized carbons (Fsp3) is 0.923. The minimum atomic E-state index is -0.189. The van der Waals surface area contributed by atoms with Gasteiger partial charge in [0.15, 0.2) is 0 Å². The molecule has 4 unspecified atom stereocenters. The number of carbonyl (C=O) groups excluding carboxylic acids is 1. The molecule has 2 heteroatoms. The van der Waals surface area contributed by atoms with Crippen LogP contribution in [-0.2, 0) is 9.53 Å². The molecule has 0 aromatic rings. The fourth-order valence-electron chi connectivity index (χ4n) is 4.94. The van der Waals surface area contributed by atoms with E-state index in [1.54, 1.807) is 0 Å². The molecule has 2 saturated heterocycles. The van der Waals surface area contributed by atoms with Crippen LogP contribution in [0.4, 0.5) is 0 Å². The van der Waals surface area contributed by atoms with Gasteiger partial charge in [0.25, 0.3) is 0 Å². The van der Waals surface area contributed by atoms with Crippen LogP contribution in [0.1, 0.15) is 52.9 Å². The molecule has 0 spiro atoms. The molecule has 4 rings (SSSR count). The molecular weight excluding hydrogens is 188 g/mol. The lowest BCUT2D eigenvalue weighted by Crippen LogP contribution is -2.45. The van der Waals surface area contributed by atoms with E-state index in [1.165, 1.54) is 6.42 Å². The Morgan fingerprint density at radius 2 is 1.87 bits per heavy atom. The van der Waals surface area contributed by atoms with E-state index in [4.69, 9.17) is 4.74 Å². The summed E-state index contributed by atoms with van der Waals surface area (Å²) in [5.74, 6) is 0.773. The summed E-state index contributed by atoms with van der Waals surface area (Å²) in [6.45, 7) is 6.58. The SMILES string of the molecule is CC12CC3CC(C)(C1)OC(=O)C(C)(C3)C2. The lowest BCUT2D eigenvalue weighted by atomic mass is 9.53. The Balaban J connectivity index is 2.11. The molecule has 4 aliphatic rings. The summed E-state index contributed by atoms with van der Waals surface area (Å²) in [4.78, 5) is 12.1. The molecule has 2 aliphatic heterocycles. The quantitative estimate of drug-likeness (QED) is 0.572. The summed E-state index contributed by atoms with van der Waals surface area (Å²) >= 11 is 0. The third kappa shape index (κ3) is 1.26. The lowest BCUT2D eigenvalue weighted by molar-refractivity contribution is -0.165. The maximum Gasteiger partial charge on any atom is 0.312 e. The topological polar surface area (TPSA) is 26.3 Å². The zero-order valence-corrected chi connectivity index (χ0v) is 9.93. The first-order valence-electron chi connectivity index (χ1n) is 6.06. The molecule has 2 heterocycles. The van der Waals surface area contributed by atoms with Gasteiger partial charge in [0.2, 0.25) is 0 Å². The molecule has 0 aromatic heterocycles. The highest BCUT2D eigenvalue weighted by Gasteiger charge is 2.59. The first-order valence-corrected chi connectivity index (χ1v) is 6.06. The Kier molecular flexibility index (Phi) is 1.56. The molecule has 2 aliphatic carbocycles. The fourth-order valence-corrected chi connectivity index (χ4v) is 4.94. The third-order valence-corrected chi connectivity index (χ3v) is 4.69. The predicted molar refractivity (Wildman–Crippen MR) is 57.3 cm³/mol. The highest BCUT2D eigenvalue weighted by molar-refractivity contribution is 5.78. The van der Waals surface area contributed by atoms with Gasteiger partial charge < -0.3 is 4.74 Å². The molecule has 84 valence electrons. The number of fused-ring (bicyclic) bond motifs is 1. The average molecular weight is 208 g/mol. The summed E-state index contributed by atoms with van der Waals surface area (Å²) in [6.07, 6.45) is 5.54. The van der Waals surface area contributed by atoms with Gasteiger partial charge in [-0.15, -0.1) is 0 Å². The monoisotopic (exact) mass is 208 g/mol. The standard InChI is InChI=1S/C13H20O2/c1-11-4-9-5-12(2,7-11)10(14)15-13(3,6-9)8-11/h9H,4-8H2,1-3H3. The number of hydrogen-bond acceptors (Lipinski definition) is 2. The maximum atomic E-state index is 12.1. The lowest BCUT2D eigenvalue weighted by Gasteiger charge is -2.50. The molecule has 4 bridgehead atoms. The number of rotatable bonds is 0. The van der Waals surface area contributed by atoms with Crippen molar-refractivity contribution >= 4 is 5.97 Å². The van der Waals surface area contributed by atoms with Crippen molar-refractivity contribution in [2.24, 2.45) is 16.7 Å². The van der Waals surface area contributed by atoms with Crippen molar-refractivity contribution in [1.29, 1.82) is 0 Å². The summed E-state index contributed by atoms with van der Waals surface area (Å²) < 4.78 is 5.75. The molecule has 0 N–H and O–H groups in total. The van der Waals surface area contributed by atoms with Gasteiger partial charge in [0.1, 0.15) is 5.60 Å². The van der Waals surface area contributed by atoms with E-state index >= 15 is 0 Å². The van der Waals surface area contributed by atoms with Gasteiger partial charge >= 0.3 is 5.97 Å². The number of carbonyl (C=O) groups is 1. The van der Waals surface area contributed by atoms with E-state index in [-0.39, 0.29) is 17.0 Å². The molecule has 4 fully saturated rings. The van der Waals surface area contributed by atoms with Gasteiger partial charge in [0.05, 0.1) is 5.41 Å². The van der Waals surface area contributed by atoms with Crippen LogP contribution < -0.4 is 0 Å². The van der Waals surface area contributed by atoms with Gasteiger partial charge in [-0.2, -0.15) is 0 Å². The van der Waals surface area contributed by atoms with Gasteiger partial charge in [-0.05, 0) is 57.3 Å². The average Bonchev–Trinajstić information content (AvgIpc) is 2.04. The van der Waals surface area contributed by atoms with Crippen LogP contribution in [0.5, 0.6) is 0 Å². The second-order valence-corrected chi connectivity index (χ2v) is 7.04. The van der Waals surface area contributed by atoms with Crippen LogP contribution in [-0.4, -0.2) is 11.6 Å². The van der Waals surface area contributed by atoms with E-state index in [2.05, 4.69) is 20.8 Å². The normalized spacial score (nSPS) is 57.8. The van der Waals surface area contributed by atoms with Crippen molar-refractivity contribution in [3.63, 3.8) is 0 Å². The van der Waals surface area contributed by atoms with Gasteiger partial charge in [0, 0.05) is 0 Å². The predicted octanol–water partition coefficient (Wildman–Crippen LogP) is 2.91. The Labute approximate surface area is 91.4 Å². The number of hydrogen-bond donors (Lipinski definition) is 0. The van der Waals surface area contributed by atoms with E-state index in [0.717, 1.165) is 25.7 Å². The molecule has 2 nitrogen and oxygen atoms in total. The van der Waals surface area contributed by atoms with Gasteiger partial charge in [-0.1, -0.05) is 6.92 Å². The Morgan fingerprint density at radius 1 is 1.13 bits per heavy atom. The largest absolute Gasteiger partial charge is 0.459 e. The van der Waals surface area contributed by atoms with Crippen molar-refractivity contribution in [1.82, 2.24) is 0 Å². The minimum absolute atomic E-state index is 0.0657. The smallest absolute Gasteiger partial charge is 0.312 e. The first kappa shape index (κ1) is 9.68. The van der Waals surface area contributed by atoms with Crippen LogP contribution in [0, 0.1) is 16.7 Å². The Bertz CT molecular complexity index is 337. The van der Waals surface area contributed by atoms with Crippen LogP contribution in [0.15, 0.2) is 0 Å². The molecule has 0 aromatic carbocycles. The third-order valence-electron chi connectivity index (χ3n) is 4.69. The summed E-state index contributed by atoms with van der Waals surface area (Å²) in [7, 11) is 0. The second kappa shape index (κ2) is 2.41. The van der Waals surface area contributed by atoms with Crippen LogP contribution in [0.25, 0.3) is 0 Å². The second-order valence-electron chi connectivity index (χ2n) is 7.04. The van der Waals surface area contributed by atoms with Crippen molar-refractivity contribution in [3.05, 3.63) is 0 Å². The van der Waals surface area contributed by atoms with Gasteiger partial charge in [-0.25, -0.2) is 0 Å². The van der Waals surface area contributed by atoms with Gasteiger partial charge in [-0.3, -0.25) is 4.79 Å². The van der Waals surface area contributed by atoms with Crippen molar-refractivity contribution in [2.45, 2.75) is 58.5 Å². The van der Waals surface area contributed by atoms with Crippen LogP contribution >= 0.6 is 0 Å². The molecular formula is C13H20O2. The zero-order valence-electron chi connectivity index (χ0n) is 9.93. The van der Waals surface area contributed by atoms with Crippen molar-refractivity contribution < 1.29 is 9.53 Å². The molecule has 4 atom stereocenters. The summed E-state index contributed by atoms with van der Waals surface area (Å²) in [6, 6.07) is 0. The molecule has 15 heavy (non-hydrogen) atoms. The van der Waals surface area contributed by atoms with Crippen molar-refractivity contribution in [2.75, 3.05) is 0 Å². The molecule has 2 saturated carbocycles. The van der Waals surface area contributed by atoms with E-state index in [1.807, 2.05) is 0 Å². The minimum Gasteiger partial charge on any atom is -0.459 e. The van der Waals surface area contributed by atoms with Crippen molar-refractivity contribution in [3.8, 4) is 0 Å². The Morgan fingerprint density at radius 3 is 2.53 bits per heavy atom. The molecule has 0 amide bonds.